The standard InChI is InChI=1S/C22H20F3N5O2/c1-29-17-5-3-2-4-16(17)26-19(29)12-30-11-15(31)10-18(30)21-27-20(28-32-21)13-6-8-14(9-7-13)22(23,24)25/h2-9,15,18,31H,10-12H2,1H3/t15-,18+/m1/s1. The van der Waals surface area contributed by atoms with Crippen molar-refractivity contribution >= 4 is 11.0 Å². The van der Waals surface area contributed by atoms with Gasteiger partial charge in [-0.25, -0.2) is 4.98 Å². The second-order valence-corrected chi connectivity index (χ2v) is 7.94. The molecule has 0 radical (unpaired) electrons. The van der Waals surface area contributed by atoms with Crippen molar-refractivity contribution in [1.29, 1.82) is 0 Å². The van der Waals surface area contributed by atoms with E-state index in [9.17, 15) is 18.3 Å². The largest absolute Gasteiger partial charge is 0.416 e. The number of imidazole rings is 1. The van der Waals surface area contributed by atoms with E-state index in [1.54, 1.807) is 0 Å². The predicted molar refractivity (Wildman–Crippen MR) is 109 cm³/mol. The third-order valence-electron chi connectivity index (χ3n) is 5.80. The number of aliphatic hydroxyl groups excluding tert-OH is 1. The highest BCUT2D eigenvalue weighted by atomic mass is 19.4. The van der Waals surface area contributed by atoms with Crippen molar-refractivity contribution in [3.8, 4) is 11.4 Å². The monoisotopic (exact) mass is 443 g/mol. The molecule has 1 aliphatic rings. The van der Waals surface area contributed by atoms with E-state index in [0.29, 0.717) is 31.0 Å². The molecule has 10 heteroatoms. The Morgan fingerprint density at radius 1 is 1.09 bits per heavy atom. The van der Waals surface area contributed by atoms with Crippen LogP contribution in [-0.2, 0) is 19.8 Å². The molecule has 0 spiro atoms. The van der Waals surface area contributed by atoms with E-state index in [1.165, 1.54) is 12.1 Å². The van der Waals surface area contributed by atoms with Crippen LogP contribution in [0.1, 0.15) is 29.7 Å². The zero-order chi connectivity index (χ0) is 22.5. The minimum Gasteiger partial charge on any atom is -0.392 e. The number of β-amino-alcohol motifs (C(OH)–C–C–N with tert-alkyl or cyclic N) is 1. The lowest BCUT2D eigenvalue weighted by Gasteiger charge is -2.20. The Labute approximate surface area is 181 Å². The first kappa shape index (κ1) is 20.7. The fraction of sp³-hybridized carbons (Fsp3) is 0.318. The normalized spacial score (nSPS) is 19.8. The number of hydrogen-bond acceptors (Lipinski definition) is 6. The molecule has 2 aromatic heterocycles. The minimum absolute atomic E-state index is 0.206. The Kier molecular flexibility index (Phi) is 4.98. The maximum atomic E-state index is 12.8. The molecule has 0 bridgehead atoms. The maximum Gasteiger partial charge on any atom is 0.416 e. The highest BCUT2D eigenvalue weighted by Crippen LogP contribution is 2.34. The molecule has 1 fully saturated rings. The van der Waals surface area contributed by atoms with Crippen molar-refractivity contribution < 1.29 is 22.8 Å². The van der Waals surface area contributed by atoms with Crippen LogP contribution in [0.25, 0.3) is 22.4 Å². The Balaban J connectivity index is 1.39. The van der Waals surface area contributed by atoms with E-state index in [-0.39, 0.29) is 11.9 Å². The van der Waals surface area contributed by atoms with Gasteiger partial charge in [0.1, 0.15) is 5.82 Å². The molecule has 3 heterocycles. The smallest absolute Gasteiger partial charge is 0.392 e. The number of alkyl halides is 3. The van der Waals surface area contributed by atoms with Crippen molar-refractivity contribution in [2.45, 2.75) is 31.3 Å². The lowest BCUT2D eigenvalue weighted by atomic mass is 10.1. The molecule has 2 aromatic carbocycles. The van der Waals surface area contributed by atoms with E-state index in [1.807, 2.05) is 40.8 Å². The molecular weight excluding hydrogens is 423 g/mol. The summed E-state index contributed by atoms with van der Waals surface area (Å²) in [6.45, 7) is 0.900. The first-order valence-electron chi connectivity index (χ1n) is 10.1. The lowest BCUT2D eigenvalue weighted by molar-refractivity contribution is -0.137. The van der Waals surface area contributed by atoms with Crippen LogP contribution >= 0.6 is 0 Å². The van der Waals surface area contributed by atoms with Gasteiger partial charge >= 0.3 is 6.18 Å². The summed E-state index contributed by atoms with van der Waals surface area (Å²) >= 11 is 0. The molecule has 4 aromatic rings. The first-order valence-corrected chi connectivity index (χ1v) is 10.1. The van der Waals surface area contributed by atoms with E-state index in [4.69, 9.17) is 9.51 Å². The number of hydrogen-bond donors (Lipinski definition) is 1. The van der Waals surface area contributed by atoms with Crippen LogP contribution in [0, 0.1) is 0 Å². The summed E-state index contributed by atoms with van der Waals surface area (Å²) in [5, 5.41) is 14.2. The number of rotatable bonds is 4. The van der Waals surface area contributed by atoms with Gasteiger partial charge in [0.25, 0.3) is 0 Å². The van der Waals surface area contributed by atoms with E-state index in [2.05, 4.69) is 10.1 Å². The molecule has 5 rings (SSSR count). The summed E-state index contributed by atoms with van der Waals surface area (Å²) in [6.07, 6.45) is -4.55. The van der Waals surface area contributed by atoms with Crippen molar-refractivity contribution in [2.24, 2.45) is 7.05 Å². The summed E-state index contributed by atoms with van der Waals surface area (Å²) in [7, 11) is 1.95. The number of likely N-dealkylation sites (tertiary alicyclic amines) is 1. The van der Waals surface area contributed by atoms with Crippen LogP contribution in [0.2, 0.25) is 0 Å². The molecule has 0 unspecified atom stereocenters. The minimum atomic E-state index is -4.41. The Bertz CT molecular complexity index is 1250. The molecule has 2 atom stereocenters. The average Bonchev–Trinajstić information content (AvgIpc) is 3.46. The summed E-state index contributed by atoms with van der Waals surface area (Å²) in [5.41, 5.74) is 1.59. The highest BCUT2D eigenvalue weighted by molar-refractivity contribution is 5.75. The summed E-state index contributed by atoms with van der Waals surface area (Å²) < 4.78 is 45.9. The second kappa shape index (κ2) is 7.72. The van der Waals surface area contributed by atoms with Crippen molar-refractivity contribution in [3.05, 3.63) is 65.8 Å². The van der Waals surface area contributed by atoms with Crippen molar-refractivity contribution in [1.82, 2.24) is 24.6 Å². The Morgan fingerprint density at radius 2 is 1.84 bits per heavy atom. The highest BCUT2D eigenvalue weighted by Gasteiger charge is 2.37. The quantitative estimate of drug-likeness (QED) is 0.515. The summed E-state index contributed by atoms with van der Waals surface area (Å²) in [6, 6.07) is 12.1. The van der Waals surface area contributed by atoms with Crippen molar-refractivity contribution in [2.75, 3.05) is 6.54 Å². The number of aliphatic hydroxyl groups is 1. The fourth-order valence-corrected chi connectivity index (χ4v) is 4.13. The van der Waals surface area contributed by atoms with Gasteiger partial charge in [-0.05, 0) is 30.7 Å². The number of fused-ring (bicyclic) bond motifs is 1. The van der Waals surface area contributed by atoms with Gasteiger partial charge in [0.15, 0.2) is 0 Å². The number of benzene rings is 2. The molecule has 0 saturated carbocycles. The predicted octanol–water partition coefficient (Wildman–Crippen LogP) is 3.95. The number of aromatic nitrogens is 4. The average molecular weight is 443 g/mol. The molecule has 32 heavy (non-hydrogen) atoms. The van der Waals surface area contributed by atoms with Crippen LogP contribution in [0.5, 0.6) is 0 Å². The van der Waals surface area contributed by atoms with Gasteiger partial charge in [0.2, 0.25) is 11.7 Å². The summed E-state index contributed by atoms with van der Waals surface area (Å²) in [4.78, 5) is 11.1. The molecular formula is C22H20F3N5O2. The van der Waals surface area contributed by atoms with E-state index >= 15 is 0 Å². The van der Waals surface area contributed by atoms with Crippen molar-refractivity contribution in [3.63, 3.8) is 0 Å². The van der Waals surface area contributed by atoms with Crippen LogP contribution < -0.4 is 0 Å². The number of halogens is 3. The Hall–Kier alpha value is -3.24. The van der Waals surface area contributed by atoms with Crippen LogP contribution in [0.4, 0.5) is 13.2 Å². The van der Waals surface area contributed by atoms with E-state index in [0.717, 1.165) is 29.0 Å². The zero-order valence-corrected chi connectivity index (χ0v) is 17.1. The SMILES string of the molecule is Cn1c(CN2C[C@H](O)C[C@H]2c2nc(-c3ccc(C(F)(F)F)cc3)no2)nc2ccccc21. The Morgan fingerprint density at radius 3 is 2.56 bits per heavy atom. The maximum absolute atomic E-state index is 12.8. The second-order valence-electron chi connectivity index (χ2n) is 7.94. The number of para-hydroxylation sites is 2. The van der Waals surface area contributed by atoms with Gasteiger partial charge in [0, 0.05) is 19.2 Å². The van der Waals surface area contributed by atoms with Crippen LogP contribution in [0.3, 0.4) is 0 Å². The first-order chi connectivity index (χ1) is 15.3. The van der Waals surface area contributed by atoms with Gasteiger partial charge in [0.05, 0.1) is 35.3 Å². The van der Waals surface area contributed by atoms with E-state index < -0.39 is 17.8 Å². The van der Waals surface area contributed by atoms with Crippen LogP contribution in [-0.4, -0.2) is 42.3 Å². The fourth-order valence-electron chi connectivity index (χ4n) is 4.13. The lowest BCUT2D eigenvalue weighted by Crippen LogP contribution is -2.26. The molecule has 1 aliphatic heterocycles. The van der Waals surface area contributed by atoms with Gasteiger partial charge < -0.3 is 14.2 Å². The van der Waals surface area contributed by atoms with Gasteiger partial charge in [-0.3, -0.25) is 4.90 Å². The molecule has 7 nitrogen and oxygen atoms in total. The number of aryl methyl sites for hydroxylation is 1. The molecule has 0 amide bonds. The molecule has 0 aliphatic carbocycles. The van der Waals surface area contributed by atoms with Gasteiger partial charge in [-0.2, -0.15) is 18.2 Å². The van der Waals surface area contributed by atoms with Gasteiger partial charge in [-0.1, -0.05) is 29.4 Å². The molecule has 1 N–H and O–H groups in total. The zero-order valence-electron chi connectivity index (χ0n) is 17.1. The topological polar surface area (TPSA) is 80.2 Å². The number of nitrogens with zero attached hydrogens (tertiary/aromatic N) is 5. The molecule has 1 saturated heterocycles. The molecule has 166 valence electrons. The van der Waals surface area contributed by atoms with Gasteiger partial charge in [-0.15, -0.1) is 0 Å². The third-order valence-corrected chi connectivity index (χ3v) is 5.80. The third kappa shape index (κ3) is 3.76. The summed E-state index contributed by atoms with van der Waals surface area (Å²) in [5.74, 6) is 1.36. The van der Waals surface area contributed by atoms with Crippen LogP contribution in [0.15, 0.2) is 53.1 Å².